The lowest BCUT2D eigenvalue weighted by Gasteiger charge is -2.17. The van der Waals surface area contributed by atoms with E-state index in [4.69, 9.17) is 4.74 Å². The summed E-state index contributed by atoms with van der Waals surface area (Å²) < 4.78 is 20.2. The minimum absolute atomic E-state index is 0.109. The predicted molar refractivity (Wildman–Crippen MR) is 102 cm³/mol. The number of hydrogen-bond acceptors (Lipinski definition) is 3. The molecule has 0 fully saturated rings. The largest absolute Gasteiger partial charge is 0.494 e. The molecule has 27 heavy (non-hydrogen) atoms. The van der Waals surface area contributed by atoms with Crippen molar-refractivity contribution in [2.45, 2.75) is 26.4 Å². The fraction of sp³-hybridized carbons (Fsp3) is 0.238. The zero-order valence-electron chi connectivity index (χ0n) is 15.5. The average molecular weight is 368 g/mol. The second-order valence-electron chi connectivity index (χ2n) is 6.45. The summed E-state index contributed by atoms with van der Waals surface area (Å²) in [6, 6.07) is 13.1. The highest BCUT2D eigenvalue weighted by Crippen LogP contribution is 2.22. The predicted octanol–water partition coefficient (Wildman–Crippen LogP) is 3.34. The Morgan fingerprint density at radius 3 is 2.67 bits per heavy atom. The Balaban J connectivity index is 1.81. The molecule has 0 aliphatic carbocycles. The molecule has 1 N–H and O–H groups in total. The Labute approximate surface area is 156 Å². The van der Waals surface area contributed by atoms with Gasteiger partial charge in [-0.3, -0.25) is 14.2 Å². The molecule has 3 rings (SSSR count). The SMILES string of the molecule is COc1ccc([C@H](C)NC(=O)Cn2c(=O)cc(C)c3ccccc32)cc1F. The molecule has 5 nitrogen and oxygen atoms in total. The first-order valence-corrected chi connectivity index (χ1v) is 8.62. The molecule has 0 radical (unpaired) electrons. The van der Waals surface area contributed by atoms with Crippen LogP contribution in [0.1, 0.15) is 24.1 Å². The summed E-state index contributed by atoms with van der Waals surface area (Å²) in [4.78, 5) is 24.9. The van der Waals surface area contributed by atoms with Crippen molar-refractivity contribution in [2.24, 2.45) is 0 Å². The van der Waals surface area contributed by atoms with Crippen molar-refractivity contribution in [1.82, 2.24) is 9.88 Å². The van der Waals surface area contributed by atoms with E-state index in [1.165, 1.54) is 29.9 Å². The molecule has 0 bridgehead atoms. The van der Waals surface area contributed by atoms with E-state index >= 15 is 0 Å². The zero-order valence-corrected chi connectivity index (χ0v) is 15.5. The number of benzene rings is 2. The summed E-state index contributed by atoms with van der Waals surface area (Å²) >= 11 is 0. The van der Waals surface area contributed by atoms with Gasteiger partial charge in [0.1, 0.15) is 6.54 Å². The monoisotopic (exact) mass is 368 g/mol. The number of fused-ring (bicyclic) bond motifs is 1. The van der Waals surface area contributed by atoms with Gasteiger partial charge in [-0.15, -0.1) is 0 Å². The van der Waals surface area contributed by atoms with Gasteiger partial charge in [-0.2, -0.15) is 0 Å². The van der Waals surface area contributed by atoms with E-state index in [2.05, 4.69) is 5.32 Å². The number of para-hydroxylation sites is 1. The Hall–Kier alpha value is -3.15. The molecule has 3 aromatic rings. The number of nitrogens with one attached hydrogen (secondary N) is 1. The number of amides is 1. The fourth-order valence-corrected chi connectivity index (χ4v) is 3.13. The maximum absolute atomic E-state index is 13.9. The lowest BCUT2D eigenvalue weighted by molar-refractivity contribution is -0.122. The lowest BCUT2D eigenvalue weighted by atomic mass is 10.1. The molecule has 2 aromatic carbocycles. The van der Waals surface area contributed by atoms with Crippen LogP contribution in [-0.4, -0.2) is 17.6 Å². The molecule has 0 aliphatic rings. The van der Waals surface area contributed by atoms with E-state index in [9.17, 15) is 14.0 Å². The molecule has 1 amide bonds. The summed E-state index contributed by atoms with van der Waals surface area (Å²) in [7, 11) is 1.40. The first-order valence-electron chi connectivity index (χ1n) is 8.62. The number of ether oxygens (including phenoxy) is 1. The normalized spacial score (nSPS) is 12.0. The van der Waals surface area contributed by atoms with Crippen LogP contribution in [0.15, 0.2) is 53.3 Å². The van der Waals surface area contributed by atoms with E-state index in [0.29, 0.717) is 11.1 Å². The Kier molecular flexibility index (Phi) is 5.26. The molecule has 1 heterocycles. The van der Waals surface area contributed by atoms with Gasteiger partial charge in [-0.1, -0.05) is 24.3 Å². The topological polar surface area (TPSA) is 60.3 Å². The van der Waals surface area contributed by atoms with Crippen LogP contribution in [0.2, 0.25) is 0 Å². The summed E-state index contributed by atoms with van der Waals surface area (Å²) in [5.74, 6) is -0.665. The number of methoxy groups -OCH3 is 1. The van der Waals surface area contributed by atoms with Crippen LogP contribution in [-0.2, 0) is 11.3 Å². The third-order valence-corrected chi connectivity index (χ3v) is 4.58. The highest BCUT2D eigenvalue weighted by Gasteiger charge is 2.14. The molecular formula is C21H21FN2O3. The molecule has 0 saturated carbocycles. The quantitative estimate of drug-likeness (QED) is 0.751. The summed E-state index contributed by atoms with van der Waals surface area (Å²) in [6.45, 7) is 3.52. The number of carbonyl (C=O) groups is 1. The van der Waals surface area contributed by atoms with Crippen molar-refractivity contribution in [3.63, 3.8) is 0 Å². The van der Waals surface area contributed by atoms with Crippen molar-refractivity contribution in [3.05, 3.63) is 75.8 Å². The summed E-state index contributed by atoms with van der Waals surface area (Å²) in [6.07, 6.45) is 0. The van der Waals surface area contributed by atoms with E-state index in [-0.39, 0.29) is 23.8 Å². The highest BCUT2D eigenvalue weighted by atomic mass is 19.1. The van der Waals surface area contributed by atoms with Crippen LogP contribution in [0.3, 0.4) is 0 Å². The van der Waals surface area contributed by atoms with Gasteiger partial charge < -0.3 is 10.1 Å². The van der Waals surface area contributed by atoms with Gasteiger partial charge in [-0.25, -0.2) is 4.39 Å². The fourth-order valence-electron chi connectivity index (χ4n) is 3.13. The van der Waals surface area contributed by atoms with Gasteiger partial charge in [-0.05, 0) is 43.2 Å². The number of aryl methyl sites for hydroxylation is 1. The minimum Gasteiger partial charge on any atom is -0.494 e. The Morgan fingerprint density at radius 2 is 1.96 bits per heavy atom. The van der Waals surface area contributed by atoms with Crippen LogP contribution >= 0.6 is 0 Å². The van der Waals surface area contributed by atoms with Crippen molar-refractivity contribution in [3.8, 4) is 5.75 Å². The van der Waals surface area contributed by atoms with E-state index in [1.807, 2.05) is 31.2 Å². The molecule has 0 spiro atoms. The van der Waals surface area contributed by atoms with Gasteiger partial charge in [0.2, 0.25) is 5.91 Å². The molecule has 0 saturated heterocycles. The van der Waals surface area contributed by atoms with Gasteiger partial charge in [0.15, 0.2) is 11.6 Å². The number of pyridine rings is 1. The van der Waals surface area contributed by atoms with Crippen LogP contribution in [0.5, 0.6) is 5.75 Å². The van der Waals surface area contributed by atoms with Crippen molar-refractivity contribution >= 4 is 16.8 Å². The van der Waals surface area contributed by atoms with Crippen molar-refractivity contribution in [2.75, 3.05) is 7.11 Å². The van der Waals surface area contributed by atoms with Crippen LogP contribution < -0.4 is 15.6 Å². The number of aromatic nitrogens is 1. The molecule has 140 valence electrons. The standard InChI is InChI=1S/C21H21FN2O3/c1-13-10-21(26)24(18-7-5-4-6-16(13)18)12-20(25)23-14(2)15-8-9-19(27-3)17(22)11-15/h4-11,14H,12H2,1-3H3,(H,23,25)/t14-/m0/s1. The highest BCUT2D eigenvalue weighted by molar-refractivity contribution is 5.84. The maximum Gasteiger partial charge on any atom is 0.251 e. The molecule has 0 unspecified atom stereocenters. The minimum atomic E-state index is -0.489. The van der Waals surface area contributed by atoms with Gasteiger partial charge >= 0.3 is 0 Å². The van der Waals surface area contributed by atoms with E-state index in [0.717, 1.165) is 10.9 Å². The van der Waals surface area contributed by atoms with Gasteiger partial charge in [0.05, 0.1) is 18.7 Å². The Bertz CT molecular complexity index is 1060. The molecular weight excluding hydrogens is 347 g/mol. The van der Waals surface area contributed by atoms with E-state index in [1.54, 1.807) is 13.0 Å². The number of carbonyl (C=O) groups excluding carboxylic acids is 1. The van der Waals surface area contributed by atoms with Crippen molar-refractivity contribution < 1.29 is 13.9 Å². The second-order valence-corrected chi connectivity index (χ2v) is 6.45. The van der Waals surface area contributed by atoms with Crippen molar-refractivity contribution in [1.29, 1.82) is 0 Å². The maximum atomic E-state index is 13.9. The van der Waals surface area contributed by atoms with Gasteiger partial charge in [0, 0.05) is 11.5 Å². The molecule has 1 aromatic heterocycles. The first-order chi connectivity index (χ1) is 12.9. The van der Waals surface area contributed by atoms with E-state index < -0.39 is 11.9 Å². The Morgan fingerprint density at radius 1 is 1.22 bits per heavy atom. The van der Waals surface area contributed by atoms with Gasteiger partial charge in [0.25, 0.3) is 5.56 Å². The van der Waals surface area contributed by atoms with Crippen LogP contribution in [0, 0.1) is 12.7 Å². The van der Waals surface area contributed by atoms with Crippen LogP contribution in [0.4, 0.5) is 4.39 Å². The molecule has 1 atom stereocenters. The number of rotatable bonds is 5. The average Bonchev–Trinajstić information content (AvgIpc) is 2.65. The zero-order chi connectivity index (χ0) is 19.6. The number of hydrogen-bond donors (Lipinski definition) is 1. The summed E-state index contributed by atoms with van der Waals surface area (Å²) in [5.41, 5.74) is 1.96. The first kappa shape index (κ1) is 18.6. The third-order valence-electron chi connectivity index (χ3n) is 4.58. The number of halogens is 1. The lowest BCUT2D eigenvalue weighted by Crippen LogP contribution is -2.34. The smallest absolute Gasteiger partial charge is 0.251 e. The molecule has 0 aliphatic heterocycles. The third kappa shape index (κ3) is 3.84. The van der Waals surface area contributed by atoms with Crippen LogP contribution in [0.25, 0.3) is 10.9 Å². The molecule has 6 heteroatoms. The summed E-state index contributed by atoms with van der Waals surface area (Å²) in [5, 5.41) is 3.74. The second kappa shape index (κ2) is 7.61. The number of nitrogens with zero attached hydrogens (tertiary/aromatic N) is 1.